The molecule has 2 rings (SSSR count). The van der Waals surface area contributed by atoms with E-state index >= 15 is 0 Å². The van der Waals surface area contributed by atoms with E-state index in [1.807, 2.05) is 0 Å². The number of aromatic amines is 1. The first-order valence-corrected chi connectivity index (χ1v) is 7.27. The summed E-state index contributed by atoms with van der Waals surface area (Å²) in [6.45, 7) is 0. The third-order valence-corrected chi connectivity index (χ3v) is 4.54. The molecule has 0 saturated carbocycles. The van der Waals surface area contributed by atoms with Crippen molar-refractivity contribution in [3.05, 3.63) is 0 Å². The third kappa shape index (κ3) is 3.19. The van der Waals surface area contributed by atoms with E-state index in [4.69, 9.17) is 4.74 Å². The molecule has 1 fully saturated rings. The van der Waals surface area contributed by atoms with Crippen molar-refractivity contribution >= 4 is 21.7 Å². The smallest absolute Gasteiger partial charge is 0.336 e. The van der Waals surface area contributed by atoms with Crippen LogP contribution in [0.4, 0.5) is 5.95 Å². The predicted molar refractivity (Wildman–Crippen MR) is 62.9 cm³/mol. The van der Waals surface area contributed by atoms with Crippen molar-refractivity contribution < 1.29 is 17.9 Å². The highest BCUT2D eigenvalue weighted by Crippen LogP contribution is 2.21. The van der Waals surface area contributed by atoms with Gasteiger partial charge in [0, 0.05) is 6.42 Å². The van der Waals surface area contributed by atoms with Crippen molar-refractivity contribution in [3.8, 4) is 6.01 Å². The van der Waals surface area contributed by atoms with Crippen molar-refractivity contribution in [1.29, 1.82) is 0 Å². The number of aromatic nitrogens is 3. The summed E-state index contributed by atoms with van der Waals surface area (Å²) in [4.78, 5) is 15.5. The van der Waals surface area contributed by atoms with E-state index < -0.39 is 9.84 Å². The molecular formula is C9H14N4O4S. The number of carbonyl (C=O) groups is 1. The van der Waals surface area contributed by atoms with Gasteiger partial charge in [-0.1, -0.05) is 0 Å². The number of amides is 1. The van der Waals surface area contributed by atoms with E-state index in [9.17, 15) is 13.2 Å². The number of sulfone groups is 1. The molecule has 0 spiro atoms. The van der Waals surface area contributed by atoms with Crippen molar-refractivity contribution in [2.24, 2.45) is 5.92 Å². The second kappa shape index (κ2) is 4.92. The molecule has 2 N–H and O–H groups in total. The topological polar surface area (TPSA) is 114 Å². The number of methoxy groups -OCH3 is 1. The maximum atomic E-state index is 11.6. The molecule has 2 heterocycles. The van der Waals surface area contributed by atoms with Crippen LogP contribution in [0.5, 0.6) is 6.01 Å². The van der Waals surface area contributed by atoms with E-state index in [-0.39, 0.29) is 41.7 Å². The Kier molecular flexibility index (Phi) is 3.50. The number of rotatable bonds is 4. The monoisotopic (exact) mass is 274 g/mol. The van der Waals surface area contributed by atoms with Crippen LogP contribution in [0.3, 0.4) is 0 Å². The first-order chi connectivity index (χ1) is 8.48. The molecule has 9 heteroatoms. The number of hydrogen-bond donors (Lipinski definition) is 2. The summed E-state index contributed by atoms with van der Waals surface area (Å²) in [6, 6.07) is 0.133. The molecule has 18 heavy (non-hydrogen) atoms. The van der Waals surface area contributed by atoms with Crippen LogP contribution >= 0.6 is 0 Å². The molecule has 1 aromatic rings. The van der Waals surface area contributed by atoms with Gasteiger partial charge in [0.05, 0.1) is 18.6 Å². The van der Waals surface area contributed by atoms with E-state index in [0.717, 1.165) is 0 Å². The van der Waals surface area contributed by atoms with Gasteiger partial charge in [-0.25, -0.2) is 13.5 Å². The van der Waals surface area contributed by atoms with Gasteiger partial charge in [0.1, 0.15) is 0 Å². The molecule has 1 amide bonds. The number of nitrogens with one attached hydrogen (secondary N) is 2. The number of carbonyl (C=O) groups excluding carboxylic acids is 1. The highest BCUT2D eigenvalue weighted by atomic mass is 32.2. The Labute approximate surface area is 104 Å². The zero-order valence-electron chi connectivity index (χ0n) is 9.84. The van der Waals surface area contributed by atoms with Crippen LogP contribution in [-0.2, 0) is 14.6 Å². The first-order valence-electron chi connectivity index (χ1n) is 5.45. The largest absolute Gasteiger partial charge is 0.466 e. The maximum absolute atomic E-state index is 11.6. The summed E-state index contributed by atoms with van der Waals surface area (Å²) < 4.78 is 27.2. The Morgan fingerprint density at radius 1 is 1.61 bits per heavy atom. The number of hydrogen-bond acceptors (Lipinski definition) is 6. The fraction of sp³-hybridized carbons (Fsp3) is 0.667. The van der Waals surface area contributed by atoms with Crippen molar-refractivity contribution in [2.45, 2.75) is 12.8 Å². The zero-order valence-corrected chi connectivity index (χ0v) is 10.7. The van der Waals surface area contributed by atoms with Crippen LogP contribution in [0, 0.1) is 5.92 Å². The Bertz CT molecular complexity index is 539. The normalized spacial score (nSPS) is 21.7. The molecule has 1 aliphatic rings. The van der Waals surface area contributed by atoms with Crippen LogP contribution in [-0.4, -0.2) is 48.1 Å². The molecular weight excluding hydrogens is 260 g/mol. The molecule has 8 nitrogen and oxygen atoms in total. The number of anilines is 1. The molecule has 1 atom stereocenters. The molecule has 1 aliphatic heterocycles. The summed E-state index contributed by atoms with van der Waals surface area (Å²) in [5.41, 5.74) is 0. The zero-order chi connectivity index (χ0) is 13.2. The van der Waals surface area contributed by atoms with Gasteiger partial charge in [0.15, 0.2) is 9.84 Å². The molecule has 0 aromatic carbocycles. The van der Waals surface area contributed by atoms with Gasteiger partial charge >= 0.3 is 6.01 Å². The lowest BCUT2D eigenvalue weighted by Gasteiger charge is -2.06. The van der Waals surface area contributed by atoms with Crippen molar-refractivity contribution in [1.82, 2.24) is 15.2 Å². The average Bonchev–Trinajstić information content (AvgIpc) is 2.85. The minimum atomic E-state index is -2.95. The second-order valence-electron chi connectivity index (χ2n) is 4.19. The number of H-pyrrole nitrogens is 1. The van der Waals surface area contributed by atoms with Crippen molar-refractivity contribution in [3.63, 3.8) is 0 Å². The number of nitrogens with zero attached hydrogens (tertiary/aromatic N) is 2. The van der Waals surface area contributed by atoms with E-state index in [0.29, 0.717) is 6.42 Å². The minimum Gasteiger partial charge on any atom is -0.466 e. The van der Waals surface area contributed by atoms with Gasteiger partial charge in [-0.15, -0.1) is 5.10 Å². The summed E-state index contributed by atoms with van der Waals surface area (Å²) in [6.07, 6.45) is 0.706. The molecule has 0 radical (unpaired) electrons. The summed E-state index contributed by atoms with van der Waals surface area (Å²) in [5.74, 6) is 0.0507. The molecule has 0 aliphatic carbocycles. The van der Waals surface area contributed by atoms with Gasteiger partial charge in [0.2, 0.25) is 11.9 Å². The van der Waals surface area contributed by atoms with E-state index in [1.54, 1.807) is 0 Å². The Morgan fingerprint density at radius 3 is 2.94 bits per heavy atom. The lowest BCUT2D eigenvalue weighted by atomic mass is 10.1. The standard InChI is InChI=1S/C9H14N4O4S/c1-17-9-11-8(12-13-9)10-7(14)4-6-2-3-18(15,16)5-6/h6H,2-5H2,1H3,(H2,10,11,12,13,14). The van der Waals surface area contributed by atoms with Crippen LogP contribution < -0.4 is 10.1 Å². The first kappa shape index (κ1) is 12.8. The molecule has 1 unspecified atom stereocenters. The summed E-state index contributed by atoms with van der Waals surface area (Å²) >= 11 is 0. The predicted octanol–water partition coefficient (Wildman–Crippen LogP) is -0.423. The van der Waals surface area contributed by atoms with E-state index in [1.165, 1.54) is 7.11 Å². The third-order valence-electron chi connectivity index (χ3n) is 2.71. The average molecular weight is 274 g/mol. The maximum Gasteiger partial charge on any atom is 0.336 e. The molecule has 1 saturated heterocycles. The van der Waals surface area contributed by atoms with Gasteiger partial charge in [0.25, 0.3) is 0 Å². The lowest BCUT2D eigenvalue weighted by molar-refractivity contribution is -0.116. The quantitative estimate of drug-likeness (QED) is 0.770. The van der Waals surface area contributed by atoms with Crippen LogP contribution in [0.2, 0.25) is 0 Å². The summed E-state index contributed by atoms with van der Waals surface area (Å²) in [7, 11) is -1.53. The lowest BCUT2D eigenvalue weighted by Crippen LogP contribution is -2.18. The van der Waals surface area contributed by atoms with Gasteiger partial charge in [-0.05, 0) is 12.3 Å². The van der Waals surface area contributed by atoms with Crippen LogP contribution in [0.1, 0.15) is 12.8 Å². The highest BCUT2D eigenvalue weighted by Gasteiger charge is 2.29. The molecule has 100 valence electrons. The fourth-order valence-corrected chi connectivity index (χ4v) is 3.73. The molecule has 0 bridgehead atoms. The Balaban J connectivity index is 1.86. The van der Waals surface area contributed by atoms with Crippen molar-refractivity contribution in [2.75, 3.05) is 23.9 Å². The molecule has 1 aromatic heterocycles. The Morgan fingerprint density at radius 2 is 2.39 bits per heavy atom. The minimum absolute atomic E-state index is 0.0835. The van der Waals surface area contributed by atoms with E-state index in [2.05, 4.69) is 20.5 Å². The van der Waals surface area contributed by atoms with Gasteiger partial charge < -0.3 is 4.74 Å². The van der Waals surface area contributed by atoms with Crippen LogP contribution in [0.15, 0.2) is 0 Å². The second-order valence-corrected chi connectivity index (χ2v) is 6.42. The van der Waals surface area contributed by atoms with Gasteiger partial charge in [-0.3, -0.25) is 10.1 Å². The summed E-state index contributed by atoms with van der Waals surface area (Å²) in [5, 5.41) is 8.67. The highest BCUT2D eigenvalue weighted by molar-refractivity contribution is 7.91. The Hall–Kier alpha value is -1.64. The van der Waals surface area contributed by atoms with Gasteiger partial charge in [-0.2, -0.15) is 4.98 Å². The van der Waals surface area contributed by atoms with Crippen LogP contribution in [0.25, 0.3) is 0 Å². The number of ether oxygens (including phenoxy) is 1. The fourth-order valence-electron chi connectivity index (χ4n) is 1.87. The SMILES string of the molecule is COc1n[nH]c(NC(=O)CC2CCS(=O)(=O)C2)n1.